The lowest BCUT2D eigenvalue weighted by molar-refractivity contribution is -0.138. The van der Waals surface area contributed by atoms with Crippen LogP contribution in [0, 0.1) is 0 Å². The minimum atomic E-state index is -0.819. The molecule has 15 heteroatoms. The maximum absolute atomic E-state index is 11.0. The molecule has 2 rings (SSSR count). The summed E-state index contributed by atoms with van der Waals surface area (Å²) in [5.41, 5.74) is 1.46. The number of carbonyl (C=O) groups is 2. The summed E-state index contributed by atoms with van der Waals surface area (Å²) in [6, 6.07) is 6.43. The summed E-state index contributed by atoms with van der Waals surface area (Å²) >= 11 is 2.85. The fourth-order valence-electron chi connectivity index (χ4n) is 4.58. The Balaban J connectivity index is 2.00. The molecule has 0 fully saturated rings. The normalized spacial score (nSPS) is 12.6. The molecule has 2 aromatic carbocycles. The number of carboxylic acids is 2. The summed E-state index contributed by atoms with van der Waals surface area (Å²) in [5.74, 6) is -1.11. The molecule has 2 aromatic rings. The third-order valence-corrected chi connectivity index (χ3v) is 14.4. The number of aromatic hydroxyl groups is 4. The van der Waals surface area contributed by atoms with E-state index in [1.54, 1.807) is 43.5 Å². The number of unbranched alkanes of at least 4 members (excludes halogenated alkanes) is 2. The van der Waals surface area contributed by atoms with Crippen molar-refractivity contribution in [1.29, 1.82) is 0 Å². The van der Waals surface area contributed by atoms with E-state index in [2.05, 4.69) is 0 Å². The number of aliphatic hydroxyl groups is 2. The number of thioether (sulfide) groups is 2. The predicted octanol–water partition coefficient (Wildman–Crippen LogP) is 7.30. The van der Waals surface area contributed by atoms with E-state index in [9.17, 15) is 40.2 Å². The van der Waals surface area contributed by atoms with Crippen molar-refractivity contribution in [2.45, 2.75) is 97.3 Å². The Bertz CT molecular complexity index is 1160. The highest BCUT2D eigenvalue weighted by molar-refractivity contribution is 9.09. The van der Waals surface area contributed by atoms with Crippen LogP contribution in [-0.2, 0) is 22.4 Å². The molecular weight excluding hydrogens is 705 g/mol. The number of benzene rings is 2. The largest absolute Gasteiger partial charge is 0.504 e. The molecule has 264 valence electrons. The van der Waals surface area contributed by atoms with E-state index in [0.29, 0.717) is 47.0 Å². The summed E-state index contributed by atoms with van der Waals surface area (Å²) < 4.78 is 0. The van der Waals surface area contributed by atoms with Crippen LogP contribution in [0.4, 0.5) is 0 Å². The predicted molar refractivity (Wildman–Crippen MR) is 194 cm³/mol. The van der Waals surface area contributed by atoms with Gasteiger partial charge >= 0.3 is 11.9 Å². The molecule has 0 spiro atoms. The van der Waals surface area contributed by atoms with Gasteiger partial charge in [-0.15, -0.1) is 23.5 Å². The summed E-state index contributed by atoms with van der Waals surface area (Å²) in [7, 11) is 5.12. The van der Waals surface area contributed by atoms with Crippen LogP contribution in [0.25, 0.3) is 0 Å². The standard InChI is InChI=1S/C32H46O10S5/c33-13-9-21-17-25(35)31(41)27(19-21)43-15-11-23(5-1-3-7-29(37)38)45-47-46-24(6-2-4-8-30(39)40)12-16-44-28-20-22(10-14-34)18-26(36)32(28)42/h17-20,23-24,33-36,41-42H,1-16H2,(H,37,38)(H,39,40). The van der Waals surface area contributed by atoms with Crippen LogP contribution in [0.15, 0.2) is 34.1 Å². The number of carboxylic acid groups (broad SMARTS) is 2. The zero-order chi connectivity index (χ0) is 34.6. The van der Waals surface area contributed by atoms with Gasteiger partial charge in [-0.25, -0.2) is 0 Å². The van der Waals surface area contributed by atoms with Crippen LogP contribution in [-0.4, -0.2) is 88.0 Å². The first-order valence-electron chi connectivity index (χ1n) is 15.5. The van der Waals surface area contributed by atoms with E-state index in [1.807, 2.05) is 0 Å². The number of hydrogen-bond donors (Lipinski definition) is 8. The summed E-state index contributed by atoms with van der Waals surface area (Å²) in [6.45, 7) is -0.136. The second-order valence-electron chi connectivity index (χ2n) is 10.9. The van der Waals surface area contributed by atoms with E-state index < -0.39 is 11.9 Å². The molecule has 8 N–H and O–H groups in total. The average Bonchev–Trinajstić information content (AvgIpc) is 3.01. The van der Waals surface area contributed by atoms with E-state index >= 15 is 0 Å². The monoisotopic (exact) mass is 750 g/mol. The van der Waals surface area contributed by atoms with Gasteiger partial charge in [0, 0.05) is 36.6 Å². The van der Waals surface area contributed by atoms with Gasteiger partial charge < -0.3 is 40.9 Å². The molecule has 0 radical (unpaired) electrons. The Morgan fingerprint density at radius 3 is 1.36 bits per heavy atom. The van der Waals surface area contributed by atoms with Gasteiger partial charge in [0.05, 0.1) is 9.79 Å². The van der Waals surface area contributed by atoms with Crippen LogP contribution in [0.3, 0.4) is 0 Å². The van der Waals surface area contributed by atoms with Crippen molar-refractivity contribution in [3.8, 4) is 23.0 Å². The van der Waals surface area contributed by atoms with E-state index in [4.69, 9.17) is 10.2 Å². The van der Waals surface area contributed by atoms with Gasteiger partial charge in [-0.2, -0.15) is 0 Å². The molecule has 0 saturated carbocycles. The van der Waals surface area contributed by atoms with E-state index in [1.165, 1.54) is 35.7 Å². The van der Waals surface area contributed by atoms with Gasteiger partial charge in [0.1, 0.15) is 0 Å². The maximum Gasteiger partial charge on any atom is 0.303 e. The van der Waals surface area contributed by atoms with Crippen molar-refractivity contribution in [1.82, 2.24) is 0 Å². The molecule has 0 bridgehead atoms. The minimum Gasteiger partial charge on any atom is -0.504 e. The fourth-order valence-corrected chi connectivity index (χ4v) is 12.7. The van der Waals surface area contributed by atoms with Crippen molar-refractivity contribution in [2.75, 3.05) is 24.7 Å². The zero-order valence-corrected chi connectivity index (χ0v) is 30.3. The lowest BCUT2D eigenvalue weighted by Crippen LogP contribution is -2.06. The van der Waals surface area contributed by atoms with Gasteiger partial charge in [-0.1, -0.05) is 34.4 Å². The third-order valence-electron chi connectivity index (χ3n) is 7.11. The highest BCUT2D eigenvalue weighted by Gasteiger charge is 2.18. The highest BCUT2D eigenvalue weighted by Crippen LogP contribution is 2.46. The second-order valence-corrected chi connectivity index (χ2v) is 17.8. The number of aliphatic hydroxyl groups excluding tert-OH is 2. The van der Waals surface area contributed by atoms with Crippen LogP contribution in [0.1, 0.15) is 75.3 Å². The van der Waals surface area contributed by atoms with Crippen LogP contribution >= 0.6 is 54.9 Å². The summed E-state index contributed by atoms with van der Waals surface area (Å²) in [4.78, 5) is 23.1. The van der Waals surface area contributed by atoms with Gasteiger partial charge in [-0.05, 0) is 108 Å². The fraction of sp³-hybridized carbons (Fsp3) is 0.562. The first-order valence-corrected chi connectivity index (χ1v) is 21.1. The topological polar surface area (TPSA) is 196 Å². The molecule has 0 aliphatic carbocycles. The second kappa shape index (κ2) is 23.6. The lowest BCUT2D eigenvalue weighted by Gasteiger charge is -2.19. The molecule has 0 heterocycles. The van der Waals surface area contributed by atoms with Crippen LogP contribution < -0.4 is 0 Å². The van der Waals surface area contributed by atoms with E-state index in [0.717, 1.165) is 49.7 Å². The van der Waals surface area contributed by atoms with Crippen molar-refractivity contribution < 1.29 is 50.4 Å². The SMILES string of the molecule is O=C(O)CCCCC(CCSc1cc(CCO)cc(O)c1O)SSSC(CCCCC(=O)O)CCSc1cc(CCO)cc(O)c1O. The molecule has 2 atom stereocenters. The highest BCUT2D eigenvalue weighted by atomic mass is 33.5. The van der Waals surface area contributed by atoms with Crippen LogP contribution in [0.2, 0.25) is 0 Å². The Morgan fingerprint density at radius 2 is 1.00 bits per heavy atom. The molecule has 0 amide bonds. The molecule has 0 aromatic heterocycles. The number of aliphatic carboxylic acids is 2. The molecule has 0 saturated heterocycles. The molecule has 2 unspecified atom stereocenters. The zero-order valence-electron chi connectivity index (χ0n) is 26.2. The van der Waals surface area contributed by atoms with Gasteiger partial charge in [0.2, 0.25) is 0 Å². The Hall–Kier alpha value is -1.75. The van der Waals surface area contributed by atoms with Gasteiger partial charge in [0.25, 0.3) is 0 Å². The first-order chi connectivity index (χ1) is 22.5. The first kappa shape index (κ1) is 41.4. The van der Waals surface area contributed by atoms with Crippen molar-refractivity contribution in [3.63, 3.8) is 0 Å². The lowest BCUT2D eigenvalue weighted by atomic mass is 10.1. The molecule has 0 aliphatic heterocycles. The molecule has 10 nitrogen and oxygen atoms in total. The number of phenols is 4. The Morgan fingerprint density at radius 1 is 0.596 bits per heavy atom. The van der Waals surface area contributed by atoms with Gasteiger partial charge in [0.15, 0.2) is 23.0 Å². The quantitative estimate of drug-likeness (QED) is 0.0206. The van der Waals surface area contributed by atoms with E-state index in [-0.39, 0.29) is 59.6 Å². The van der Waals surface area contributed by atoms with Gasteiger partial charge in [-0.3, -0.25) is 9.59 Å². The van der Waals surface area contributed by atoms with Crippen molar-refractivity contribution in [3.05, 3.63) is 35.4 Å². The van der Waals surface area contributed by atoms with Crippen molar-refractivity contribution >= 4 is 66.9 Å². The summed E-state index contributed by atoms with van der Waals surface area (Å²) in [6.07, 6.45) is 6.87. The number of rotatable bonds is 26. The average molecular weight is 751 g/mol. The molecule has 47 heavy (non-hydrogen) atoms. The molecular formula is C32H46O10S5. The summed E-state index contributed by atoms with van der Waals surface area (Å²) in [5, 5.41) is 77.9. The van der Waals surface area contributed by atoms with Crippen molar-refractivity contribution in [2.24, 2.45) is 0 Å². The van der Waals surface area contributed by atoms with Crippen LogP contribution in [0.5, 0.6) is 23.0 Å². The number of hydrogen-bond acceptors (Lipinski definition) is 13. The third kappa shape index (κ3) is 17.0. The minimum absolute atomic E-state index is 0.0681. The Kier molecular flexibility index (Phi) is 20.8. The Labute approximate surface area is 296 Å². The maximum atomic E-state index is 11.0. The molecule has 0 aliphatic rings. The smallest absolute Gasteiger partial charge is 0.303 e. The number of phenolic OH excluding ortho intramolecular Hbond substituents is 4.